The van der Waals surface area contributed by atoms with Gasteiger partial charge in [0.25, 0.3) is 0 Å². The van der Waals surface area contributed by atoms with Crippen LogP contribution in [-0.4, -0.2) is 48.8 Å². The molecule has 1 aliphatic heterocycles. The normalized spacial score (nSPS) is 17.7. The molecule has 2 aliphatic rings. The highest BCUT2D eigenvalue weighted by Crippen LogP contribution is 2.41. The zero-order valence-corrected chi connectivity index (χ0v) is 20.2. The highest BCUT2D eigenvalue weighted by Gasteiger charge is 2.29. The first-order valence-electron chi connectivity index (χ1n) is 11.7. The van der Waals surface area contributed by atoms with Gasteiger partial charge >= 0.3 is 12.1 Å². The Morgan fingerprint density at radius 1 is 1.09 bits per heavy atom. The van der Waals surface area contributed by atoms with E-state index in [9.17, 15) is 9.59 Å². The lowest BCUT2D eigenvalue weighted by Gasteiger charge is -2.34. The summed E-state index contributed by atoms with van der Waals surface area (Å²) in [5.41, 5.74) is 2.89. The zero-order valence-electron chi connectivity index (χ0n) is 20.2. The molecule has 2 aromatic rings. The summed E-state index contributed by atoms with van der Waals surface area (Å²) >= 11 is 0. The summed E-state index contributed by atoms with van der Waals surface area (Å²) in [6, 6.07) is 14.9. The molecule has 0 bridgehead atoms. The number of carbonyl (C=O) groups is 2. The fourth-order valence-corrected chi connectivity index (χ4v) is 4.20. The second kappa shape index (κ2) is 9.79. The topological polar surface area (TPSA) is 68.3 Å². The van der Waals surface area contributed by atoms with Crippen molar-refractivity contribution in [3.63, 3.8) is 0 Å². The van der Waals surface area contributed by atoms with E-state index in [1.807, 2.05) is 57.2 Å². The van der Waals surface area contributed by atoms with Gasteiger partial charge in [-0.25, -0.2) is 9.59 Å². The van der Waals surface area contributed by atoms with Crippen molar-refractivity contribution < 1.29 is 23.9 Å². The number of amides is 1. The third-order valence-electron chi connectivity index (χ3n) is 5.96. The van der Waals surface area contributed by atoms with Crippen LogP contribution in [0.2, 0.25) is 0 Å². The van der Waals surface area contributed by atoms with E-state index in [-0.39, 0.29) is 12.1 Å². The standard InChI is InChI=1S/C27H32N2O5/c1-27(2,3)33-26(31)28(4)21-15-13-19(14-16-21)22-11-8-12-23-24(22)32-18-17-29(23)34-25(30)20-9-6-5-7-10-20/h5-13,21H,14-18H2,1-4H3. The molecule has 0 radical (unpaired) electrons. The lowest BCUT2D eigenvalue weighted by Crippen LogP contribution is -2.41. The molecule has 180 valence electrons. The van der Waals surface area contributed by atoms with Crippen LogP contribution in [0.4, 0.5) is 10.5 Å². The molecule has 2 aromatic carbocycles. The molecule has 4 rings (SSSR count). The van der Waals surface area contributed by atoms with Crippen molar-refractivity contribution in [3.8, 4) is 5.75 Å². The minimum atomic E-state index is -0.517. The highest BCUT2D eigenvalue weighted by molar-refractivity contribution is 5.90. The molecule has 0 saturated carbocycles. The monoisotopic (exact) mass is 464 g/mol. The minimum absolute atomic E-state index is 0.0855. The van der Waals surface area contributed by atoms with Crippen LogP contribution in [0.15, 0.2) is 54.6 Å². The fraction of sp³-hybridized carbons (Fsp3) is 0.407. The van der Waals surface area contributed by atoms with Crippen LogP contribution < -0.4 is 9.80 Å². The Labute approximate surface area is 200 Å². The van der Waals surface area contributed by atoms with Gasteiger partial charge in [-0.3, -0.25) is 0 Å². The molecule has 34 heavy (non-hydrogen) atoms. The Morgan fingerprint density at radius 2 is 1.85 bits per heavy atom. The number of hydrogen-bond donors (Lipinski definition) is 0. The number of fused-ring (bicyclic) bond motifs is 1. The molecular formula is C27H32N2O5. The minimum Gasteiger partial charge on any atom is -0.489 e. The van der Waals surface area contributed by atoms with Gasteiger partial charge in [0, 0.05) is 18.7 Å². The van der Waals surface area contributed by atoms with Gasteiger partial charge in [-0.1, -0.05) is 36.4 Å². The quantitative estimate of drug-likeness (QED) is 0.599. The maximum atomic E-state index is 12.6. The number of para-hydroxylation sites is 1. The van der Waals surface area contributed by atoms with Gasteiger partial charge in [0.1, 0.15) is 17.9 Å². The second-order valence-electron chi connectivity index (χ2n) is 9.60. The molecule has 1 heterocycles. The number of rotatable bonds is 4. The first-order valence-corrected chi connectivity index (χ1v) is 11.7. The molecule has 1 atom stereocenters. The van der Waals surface area contributed by atoms with Gasteiger partial charge in [0.05, 0.1) is 12.1 Å². The Hall–Kier alpha value is -3.48. The van der Waals surface area contributed by atoms with Gasteiger partial charge in [-0.15, -0.1) is 0 Å². The lowest BCUT2D eigenvalue weighted by atomic mass is 9.89. The van der Waals surface area contributed by atoms with Crippen LogP contribution in [0.25, 0.3) is 5.57 Å². The van der Waals surface area contributed by atoms with E-state index in [0.29, 0.717) is 18.7 Å². The number of carbonyl (C=O) groups excluding carboxylic acids is 2. The Bertz CT molecular complexity index is 1070. The number of anilines is 1. The third kappa shape index (κ3) is 5.35. The van der Waals surface area contributed by atoms with Crippen molar-refractivity contribution >= 4 is 23.3 Å². The molecular weight excluding hydrogens is 432 g/mol. The van der Waals surface area contributed by atoms with Gasteiger partial charge < -0.3 is 19.2 Å². The van der Waals surface area contributed by atoms with Crippen molar-refractivity contribution in [3.05, 3.63) is 65.7 Å². The Kier molecular flexibility index (Phi) is 6.82. The van der Waals surface area contributed by atoms with Crippen LogP contribution in [0.5, 0.6) is 5.75 Å². The zero-order chi connectivity index (χ0) is 24.3. The highest BCUT2D eigenvalue weighted by atomic mass is 16.7. The third-order valence-corrected chi connectivity index (χ3v) is 5.96. The van der Waals surface area contributed by atoms with E-state index in [2.05, 4.69) is 6.08 Å². The van der Waals surface area contributed by atoms with E-state index < -0.39 is 11.6 Å². The molecule has 0 spiro atoms. The molecule has 0 fully saturated rings. The Balaban J connectivity index is 1.48. The van der Waals surface area contributed by atoms with E-state index >= 15 is 0 Å². The smallest absolute Gasteiger partial charge is 0.410 e. The SMILES string of the molecule is CN(C(=O)OC(C)(C)C)C1CC=C(c2cccc3c2OCCN3OC(=O)c2ccccc2)CC1. The summed E-state index contributed by atoms with van der Waals surface area (Å²) < 4.78 is 11.5. The van der Waals surface area contributed by atoms with Crippen molar-refractivity contribution in [1.82, 2.24) is 4.90 Å². The molecule has 1 unspecified atom stereocenters. The molecule has 1 amide bonds. The first kappa shape index (κ1) is 23.7. The van der Waals surface area contributed by atoms with Gasteiger partial charge in [-0.05, 0) is 63.8 Å². The lowest BCUT2D eigenvalue weighted by molar-refractivity contribution is 0.0214. The maximum Gasteiger partial charge on any atom is 0.410 e. The van der Waals surface area contributed by atoms with Gasteiger partial charge in [0.15, 0.2) is 5.75 Å². The molecule has 0 aromatic heterocycles. The van der Waals surface area contributed by atoms with Crippen molar-refractivity contribution in [2.24, 2.45) is 0 Å². The molecule has 7 heteroatoms. The number of allylic oxidation sites excluding steroid dienone is 1. The summed E-state index contributed by atoms with van der Waals surface area (Å²) in [5, 5.41) is 1.61. The largest absolute Gasteiger partial charge is 0.489 e. The number of benzene rings is 2. The van der Waals surface area contributed by atoms with E-state index in [0.717, 1.165) is 36.3 Å². The molecule has 7 nitrogen and oxygen atoms in total. The number of nitrogens with zero attached hydrogens (tertiary/aromatic N) is 2. The van der Waals surface area contributed by atoms with Gasteiger partial charge in [-0.2, -0.15) is 5.06 Å². The van der Waals surface area contributed by atoms with Crippen LogP contribution in [0.3, 0.4) is 0 Å². The van der Waals surface area contributed by atoms with E-state index in [1.165, 1.54) is 5.57 Å². The van der Waals surface area contributed by atoms with Crippen molar-refractivity contribution in [2.75, 3.05) is 25.3 Å². The summed E-state index contributed by atoms with van der Waals surface area (Å²) in [4.78, 5) is 32.4. The van der Waals surface area contributed by atoms with Crippen molar-refractivity contribution in [1.29, 1.82) is 0 Å². The molecule has 0 saturated heterocycles. The van der Waals surface area contributed by atoms with Gasteiger partial charge in [0.2, 0.25) is 0 Å². The van der Waals surface area contributed by atoms with Crippen LogP contribution in [0, 0.1) is 0 Å². The molecule has 0 N–H and O–H groups in total. The molecule has 1 aliphatic carbocycles. The predicted octanol–water partition coefficient (Wildman–Crippen LogP) is 5.46. The number of ether oxygens (including phenoxy) is 2. The average molecular weight is 465 g/mol. The fourth-order valence-electron chi connectivity index (χ4n) is 4.20. The van der Waals surface area contributed by atoms with E-state index in [4.69, 9.17) is 14.3 Å². The van der Waals surface area contributed by atoms with E-state index in [1.54, 1.807) is 29.1 Å². The van der Waals surface area contributed by atoms with Crippen molar-refractivity contribution in [2.45, 2.75) is 51.7 Å². The number of hydrogen-bond acceptors (Lipinski definition) is 6. The van der Waals surface area contributed by atoms with Crippen LogP contribution in [-0.2, 0) is 9.57 Å². The number of hydroxylamine groups is 1. The van der Waals surface area contributed by atoms with Crippen LogP contribution in [0.1, 0.15) is 56.0 Å². The summed E-state index contributed by atoms with van der Waals surface area (Å²) in [6.45, 7) is 6.49. The average Bonchev–Trinajstić information content (AvgIpc) is 2.83. The maximum absolute atomic E-state index is 12.6. The Morgan fingerprint density at radius 3 is 2.53 bits per heavy atom. The second-order valence-corrected chi connectivity index (χ2v) is 9.60. The predicted molar refractivity (Wildman–Crippen MR) is 131 cm³/mol. The van der Waals surface area contributed by atoms with Crippen LogP contribution >= 0.6 is 0 Å². The summed E-state index contributed by atoms with van der Waals surface area (Å²) in [6.07, 6.45) is 4.25. The summed E-state index contributed by atoms with van der Waals surface area (Å²) in [7, 11) is 1.80. The summed E-state index contributed by atoms with van der Waals surface area (Å²) in [5.74, 6) is 0.323. The first-order chi connectivity index (χ1) is 16.2.